The lowest BCUT2D eigenvalue weighted by Crippen LogP contribution is -2.67. The zero-order valence-corrected chi connectivity index (χ0v) is 19.4. The van der Waals surface area contributed by atoms with Crippen molar-refractivity contribution in [2.45, 2.75) is 43.7 Å². The Morgan fingerprint density at radius 1 is 0.943 bits per heavy atom. The van der Waals surface area contributed by atoms with Crippen LogP contribution in [0.1, 0.15) is 57.5 Å². The Labute approximate surface area is 203 Å². The Morgan fingerprint density at radius 3 is 2.37 bits per heavy atom. The van der Waals surface area contributed by atoms with Crippen LogP contribution in [-0.2, 0) is 21.5 Å². The van der Waals surface area contributed by atoms with Crippen LogP contribution >= 0.6 is 0 Å². The molecule has 1 spiro atoms. The number of imide groups is 2. The summed E-state index contributed by atoms with van der Waals surface area (Å²) in [6.07, 6.45) is 2.58. The number of carbonyl (C=O) groups excluding carboxylic acids is 4. The van der Waals surface area contributed by atoms with Crippen LogP contribution in [0.2, 0.25) is 0 Å². The number of nitrogens with one attached hydrogen (secondary N) is 3. The first kappa shape index (κ1) is 22.1. The summed E-state index contributed by atoms with van der Waals surface area (Å²) in [7, 11) is 0. The Morgan fingerprint density at radius 2 is 1.69 bits per heavy atom. The Balaban J connectivity index is 1.15. The van der Waals surface area contributed by atoms with Gasteiger partial charge in [0.05, 0.1) is 11.1 Å². The van der Waals surface area contributed by atoms with E-state index in [1.807, 2.05) is 12.1 Å². The zero-order valence-electron chi connectivity index (χ0n) is 19.4. The first-order valence-corrected chi connectivity index (χ1v) is 12.2. The molecule has 1 saturated carbocycles. The van der Waals surface area contributed by atoms with E-state index >= 15 is 0 Å². The van der Waals surface area contributed by atoms with E-state index < -0.39 is 23.8 Å². The van der Waals surface area contributed by atoms with Gasteiger partial charge in [-0.2, -0.15) is 0 Å². The predicted molar refractivity (Wildman–Crippen MR) is 127 cm³/mol. The molecule has 0 bridgehead atoms. The molecule has 3 heterocycles. The van der Waals surface area contributed by atoms with Crippen LogP contribution in [0.3, 0.4) is 0 Å². The number of hydrogen-bond donors (Lipinski definition) is 3. The molecule has 3 fully saturated rings. The summed E-state index contributed by atoms with van der Waals surface area (Å²) in [6, 6.07) is 15.0. The topological polar surface area (TPSA) is 108 Å². The fraction of sp³-hybridized carbons (Fsp3) is 0.407. The Hall–Kier alpha value is -3.36. The normalized spacial score (nSPS) is 24.1. The Kier molecular flexibility index (Phi) is 5.12. The third-order valence-corrected chi connectivity index (χ3v) is 8.11. The summed E-state index contributed by atoms with van der Waals surface area (Å²) in [6.45, 7) is 3.59. The van der Waals surface area contributed by atoms with Crippen LogP contribution in [0, 0.1) is 5.41 Å². The average Bonchev–Trinajstić information content (AvgIpc) is 3.05. The molecule has 4 aliphatic rings. The van der Waals surface area contributed by atoms with E-state index in [0.717, 1.165) is 42.9 Å². The molecule has 3 N–H and O–H groups in total. The van der Waals surface area contributed by atoms with Crippen molar-refractivity contribution in [2.24, 2.45) is 5.41 Å². The molecule has 2 aromatic carbocycles. The molecule has 6 rings (SSSR count). The second-order valence-electron chi connectivity index (χ2n) is 10.5. The molecule has 35 heavy (non-hydrogen) atoms. The molecule has 8 heteroatoms. The van der Waals surface area contributed by atoms with Gasteiger partial charge >= 0.3 is 0 Å². The third kappa shape index (κ3) is 3.59. The molecule has 8 nitrogen and oxygen atoms in total. The number of nitrogens with zero attached hydrogens (tertiary/aromatic N) is 1. The molecule has 2 aromatic rings. The van der Waals surface area contributed by atoms with Crippen molar-refractivity contribution in [1.29, 1.82) is 0 Å². The third-order valence-electron chi connectivity index (χ3n) is 8.11. The van der Waals surface area contributed by atoms with Crippen molar-refractivity contribution in [1.82, 2.24) is 20.9 Å². The SMILES string of the molecule is O=C1CCC(N2C(=O)c3ccc(CNCC4(c5ccccc5)CC5(CNC5)C4)cc3C2=O)C(=O)N1. The van der Waals surface area contributed by atoms with Crippen LogP contribution in [0.4, 0.5) is 0 Å². The molecule has 1 atom stereocenters. The van der Waals surface area contributed by atoms with Crippen molar-refractivity contribution in [2.75, 3.05) is 19.6 Å². The van der Waals surface area contributed by atoms with Gasteiger partial charge in [-0.05, 0) is 47.9 Å². The van der Waals surface area contributed by atoms with Gasteiger partial charge in [0.1, 0.15) is 6.04 Å². The number of rotatable bonds is 6. The van der Waals surface area contributed by atoms with E-state index in [-0.39, 0.29) is 24.2 Å². The number of carbonyl (C=O) groups is 4. The minimum absolute atomic E-state index is 0.106. The number of hydrogen-bond acceptors (Lipinski definition) is 6. The maximum absolute atomic E-state index is 13.1. The van der Waals surface area contributed by atoms with E-state index in [4.69, 9.17) is 0 Å². The predicted octanol–water partition coefficient (Wildman–Crippen LogP) is 1.50. The van der Waals surface area contributed by atoms with Crippen LogP contribution in [-0.4, -0.2) is 54.2 Å². The molecule has 1 aliphatic carbocycles. The lowest BCUT2D eigenvalue weighted by molar-refractivity contribution is -0.136. The van der Waals surface area contributed by atoms with Crippen molar-refractivity contribution >= 4 is 23.6 Å². The van der Waals surface area contributed by atoms with Gasteiger partial charge in [0.15, 0.2) is 0 Å². The van der Waals surface area contributed by atoms with Gasteiger partial charge in [-0.25, -0.2) is 0 Å². The summed E-state index contributed by atoms with van der Waals surface area (Å²) < 4.78 is 0. The van der Waals surface area contributed by atoms with E-state index in [1.54, 1.807) is 12.1 Å². The maximum Gasteiger partial charge on any atom is 0.262 e. The van der Waals surface area contributed by atoms with Gasteiger partial charge in [-0.1, -0.05) is 36.4 Å². The van der Waals surface area contributed by atoms with Crippen LogP contribution in [0.25, 0.3) is 0 Å². The summed E-state index contributed by atoms with van der Waals surface area (Å²) in [5.74, 6) is -1.92. The molecular weight excluding hydrogens is 444 g/mol. The number of piperidine rings is 1. The first-order chi connectivity index (χ1) is 16.9. The number of benzene rings is 2. The number of amides is 4. The average molecular weight is 473 g/mol. The van der Waals surface area contributed by atoms with E-state index in [9.17, 15) is 19.2 Å². The molecule has 3 aliphatic heterocycles. The quantitative estimate of drug-likeness (QED) is 0.550. The highest BCUT2D eigenvalue weighted by molar-refractivity contribution is 6.23. The van der Waals surface area contributed by atoms with Crippen molar-refractivity contribution in [3.8, 4) is 0 Å². The lowest BCUT2D eigenvalue weighted by Gasteiger charge is -2.61. The van der Waals surface area contributed by atoms with Gasteiger partial charge in [0.2, 0.25) is 11.8 Å². The molecule has 0 aromatic heterocycles. The number of fused-ring (bicyclic) bond motifs is 1. The molecular formula is C27H28N4O4. The zero-order chi connectivity index (χ0) is 24.2. The van der Waals surface area contributed by atoms with Gasteiger partial charge in [0, 0.05) is 38.0 Å². The maximum atomic E-state index is 13.1. The highest BCUT2D eigenvalue weighted by Crippen LogP contribution is 2.57. The fourth-order valence-corrected chi connectivity index (χ4v) is 6.41. The molecule has 0 radical (unpaired) electrons. The highest BCUT2D eigenvalue weighted by atomic mass is 16.2. The molecule has 1 unspecified atom stereocenters. The van der Waals surface area contributed by atoms with Crippen molar-refractivity contribution in [3.05, 3.63) is 70.8 Å². The summed E-state index contributed by atoms with van der Waals surface area (Å²) >= 11 is 0. The second-order valence-corrected chi connectivity index (χ2v) is 10.5. The van der Waals surface area contributed by atoms with E-state index in [1.165, 1.54) is 5.56 Å². The van der Waals surface area contributed by atoms with Crippen LogP contribution in [0.5, 0.6) is 0 Å². The largest absolute Gasteiger partial charge is 0.316 e. The standard InChI is InChI=1S/C27H28N4O4/c32-22-9-8-21(23(33)30-22)31-24(34)19-7-6-17(10-20(19)25(31)35)11-28-16-27(18-4-2-1-3-5-18)12-26(13-27)14-29-15-26/h1-7,10,21,28-29H,8-9,11-16H2,(H,30,32,33). The minimum atomic E-state index is -0.945. The van der Waals surface area contributed by atoms with E-state index in [2.05, 4.69) is 40.2 Å². The first-order valence-electron chi connectivity index (χ1n) is 12.2. The Bertz CT molecular complexity index is 1230. The summed E-state index contributed by atoms with van der Waals surface area (Å²) in [5.41, 5.74) is 3.44. The van der Waals surface area contributed by atoms with Crippen molar-refractivity contribution in [3.63, 3.8) is 0 Å². The van der Waals surface area contributed by atoms with Gasteiger partial charge in [0.25, 0.3) is 11.8 Å². The van der Waals surface area contributed by atoms with Gasteiger partial charge < -0.3 is 10.6 Å². The van der Waals surface area contributed by atoms with Crippen LogP contribution in [0.15, 0.2) is 48.5 Å². The summed E-state index contributed by atoms with van der Waals surface area (Å²) in [5, 5.41) is 9.24. The monoisotopic (exact) mass is 472 g/mol. The van der Waals surface area contributed by atoms with E-state index in [0.29, 0.717) is 23.1 Å². The van der Waals surface area contributed by atoms with Gasteiger partial charge in [-0.3, -0.25) is 29.4 Å². The van der Waals surface area contributed by atoms with Gasteiger partial charge in [-0.15, -0.1) is 0 Å². The highest BCUT2D eigenvalue weighted by Gasteiger charge is 2.57. The fourth-order valence-electron chi connectivity index (χ4n) is 6.41. The minimum Gasteiger partial charge on any atom is -0.316 e. The van der Waals surface area contributed by atoms with Crippen molar-refractivity contribution < 1.29 is 19.2 Å². The van der Waals surface area contributed by atoms with Crippen LogP contribution < -0.4 is 16.0 Å². The lowest BCUT2D eigenvalue weighted by atomic mass is 9.48. The second kappa shape index (κ2) is 8.10. The smallest absolute Gasteiger partial charge is 0.262 e. The molecule has 2 saturated heterocycles. The summed E-state index contributed by atoms with van der Waals surface area (Å²) in [4.78, 5) is 50.7. The molecule has 180 valence electrons. The molecule has 4 amide bonds.